The Morgan fingerprint density at radius 3 is 3.08 bits per heavy atom. The van der Waals surface area contributed by atoms with Crippen molar-refractivity contribution in [2.45, 2.75) is 18.9 Å². The monoisotopic (exact) mass is 197 g/mol. The molecule has 1 aliphatic carbocycles. The molecule has 4 heteroatoms. The molecule has 0 aliphatic heterocycles. The molecule has 0 atom stereocenters. The molecule has 0 aromatic carbocycles. The van der Waals surface area contributed by atoms with Gasteiger partial charge >= 0.3 is 0 Å². The highest BCUT2D eigenvalue weighted by atomic mass is 32.1. The van der Waals surface area contributed by atoms with E-state index in [1.54, 1.807) is 7.11 Å². The fraction of sp³-hybridized carbons (Fsp3) is 0.444. The molecule has 1 saturated carbocycles. The van der Waals surface area contributed by atoms with Crippen LogP contribution in [0.15, 0.2) is 11.4 Å². The van der Waals surface area contributed by atoms with Crippen molar-refractivity contribution in [2.75, 3.05) is 7.11 Å². The number of hydrogen-bond donors (Lipinski definition) is 1. The average molecular weight is 197 g/mol. The summed E-state index contributed by atoms with van der Waals surface area (Å²) in [5.41, 5.74) is 0. The van der Waals surface area contributed by atoms with Crippen LogP contribution in [0.4, 0.5) is 0 Å². The topological polar surface area (TPSA) is 38.3 Å². The van der Waals surface area contributed by atoms with Gasteiger partial charge in [0, 0.05) is 6.04 Å². The summed E-state index contributed by atoms with van der Waals surface area (Å²) in [6.45, 7) is 0. The van der Waals surface area contributed by atoms with E-state index in [4.69, 9.17) is 4.74 Å². The van der Waals surface area contributed by atoms with Crippen molar-refractivity contribution in [3.8, 4) is 5.75 Å². The first-order valence-corrected chi connectivity index (χ1v) is 5.11. The van der Waals surface area contributed by atoms with Gasteiger partial charge < -0.3 is 10.1 Å². The minimum absolute atomic E-state index is 0.00523. The maximum absolute atomic E-state index is 11.6. The summed E-state index contributed by atoms with van der Waals surface area (Å²) < 4.78 is 5.06. The van der Waals surface area contributed by atoms with Crippen LogP contribution in [0.25, 0.3) is 0 Å². The predicted octanol–water partition coefficient (Wildman–Crippen LogP) is 1.65. The highest BCUT2D eigenvalue weighted by Gasteiger charge is 2.25. The van der Waals surface area contributed by atoms with Gasteiger partial charge in [-0.1, -0.05) is 0 Å². The van der Waals surface area contributed by atoms with Gasteiger partial charge in [0.25, 0.3) is 5.91 Å². The van der Waals surface area contributed by atoms with Gasteiger partial charge in [0.05, 0.1) is 7.11 Å². The minimum atomic E-state index is -0.00523. The first kappa shape index (κ1) is 8.56. The minimum Gasteiger partial charge on any atom is -0.495 e. The third-order valence-electron chi connectivity index (χ3n) is 1.97. The summed E-state index contributed by atoms with van der Waals surface area (Å²) in [5, 5.41) is 4.78. The van der Waals surface area contributed by atoms with Crippen LogP contribution in [0, 0.1) is 0 Å². The molecule has 1 fully saturated rings. The van der Waals surface area contributed by atoms with Crippen LogP contribution in [0.5, 0.6) is 5.75 Å². The quantitative estimate of drug-likeness (QED) is 0.800. The molecule has 1 aliphatic rings. The van der Waals surface area contributed by atoms with Gasteiger partial charge in [-0.25, -0.2) is 0 Å². The Kier molecular flexibility index (Phi) is 2.22. The van der Waals surface area contributed by atoms with E-state index in [0.717, 1.165) is 12.8 Å². The highest BCUT2D eigenvalue weighted by molar-refractivity contribution is 7.12. The molecule has 3 nitrogen and oxygen atoms in total. The Morgan fingerprint density at radius 1 is 1.69 bits per heavy atom. The van der Waals surface area contributed by atoms with Crippen LogP contribution in [0.2, 0.25) is 0 Å². The zero-order chi connectivity index (χ0) is 9.26. The Balaban J connectivity index is 2.08. The molecule has 0 unspecified atom stereocenters. The summed E-state index contributed by atoms with van der Waals surface area (Å²) in [7, 11) is 1.58. The van der Waals surface area contributed by atoms with Crippen LogP contribution in [-0.2, 0) is 0 Å². The Bertz CT molecular complexity index is 317. The maximum Gasteiger partial charge on any atom is 0.265 e. The van der Waals surface area contributed by atoms with E-state index in [0.29, 0.717) is 16.7 Å². The van der Waals surface area contributed by atoms with Crippen LogP contribution in [0.1, 0.15) is 22.5 Å². The molecule has 1 N–H and O–H groups in total. The molecule has 13 heavy (non-hydrogen) atoms. The Hall–Kier alpha value is -1.03. The molecule has 1 heterocycles. The van der Waals surface area contributed by atoms with Crippen molar-refractivity contribution in [1.29, 1.82) is 0 Å². The van der Waals surface area contributed by atoms with Gasteiger partial charge in [0.1, 0.15) is 10.6 Å². The largest absolute Gasteiger partial charge is 0.495 e. The number of ether oxygens (including phenoxy) is 1. The lowest BCUT2D eigenvalue weighted by Crippen LogP contribution is -2.24. The van der Waals surface area contributed by atoms with Crippen molar-refractivity contribution >= 4 is 17.2 Å². The average Bonchev–Trinajstić information content (AvgIpc) is 2.82. The predicted molar refractivity (Wildman–Crippen MR) is 51.4 cm³/mol. The number of rotatable bonds is 3. The molecule has 2 rings (SSSR count). The number of methoxy groups -OCH3 is 1. The lowest BCUT2D eigenvalue weighted by molar-refractivity contribution is 0.0952. The van der Waals surface area contributed by atoms with Crippen LogP contribution in [-0.4, -0.2) is 19.1 Å². The zero-order valence-corrected chi connectivity index (χ0v) is 8.19. The third-order valence-corrected chi connectivity index (χ3v) is 2.86. The normalized spacial score (nSPS) is 15.5. The van der Waals surface area contributed by atoms with Gasteiger partial charge in [-0.3, -0.25) is 4.79 Å². The summed E-state index contributed by atoms with van der Waals surface area (Å²) in [6.07, 6.45) is 2.22. The fourth-order valence-electron chi connectivity index (χ4n) is 1.10. The van der Waals surface area contributed by atoms with Crippen molar-refractivity contribution in [1.82, 2.24) is 5.32 Å². The molecular formula is C9H11NO2S. The molecule has 1 aromatic rings. The van der Waals surface area contributed by atoms with Crippen molar-refractivity contribution < 1.29 is 9.53 Å². The molecule has 70 valence electrons. The molecule has 0 spiro atoms. The standard InChI is InChI=1S/C9H11NO2S/c1-12-7-4-5-13-8(7)9(11)10-6-2-3-6/h4-6H,2-3H2,1H3,(H,10,11). The first-order valence-electron chi connectivity index (χ1n) is 4.23. The molecular weight excluding hydrogens is 186 g/mol. The van der Waals surface area contributed by atoms with E-state index in [1.165, 1.54) is 11.3 Å². The molecule has 1 amide bonds. The van der Waals surface area contributed by atoms with Crippen LogP contribution in [0.3, 0.4) is 0 Å². The molecule has 0 bridgehead atoms. The number of amides is 1. The summed E-state index contributed by atoms with van der Waals surface area (Å²) in [4.78, 5) is 12.2. The van der Waals surface area contributed by atoms with Crippen LogP contribution < -0.4 is 10.1 Å². The molecule has 0 radical (unpaired) electrons. The molecule has 1 aromatic heterocycles. The van der Waals surface area contributed by atoms with Gasteiger partial charge in [0.15, 0.2) is 0 Å². The fourth-order valence-corrected chi connectivity index (χ4v) is 1.86. The zero-order valence-electron chi connectivity index (χ0n) is 7.37. The molecule has 0 saturated heterocycles. The van der Waals surface area contributed by atoms with Gasteiger partial charge in [-0.05, 0) is 24.3 Å². The second kappa shape index (κ2) is 3.38. The van der Waals surface area contributed by atoms with E-state index >= 15 is 0 Å². The van der Waals surface area contributed by atoms with Crippen molar-refractivity contribution in [3.05, 3.63) is 16.3 Å². The highest BCUT2D eigenvalue weighted by Crippen LogP contribution is 2.26. The van der Waals surface area contributed by atoms with E-state index < -0.39 is 0 Å². The number of hydrogen-bond acceptors (Lipinski definition) is 3. The summed E-state index contributed by atoms with van der Waals surface area (Å²) >= 11 is 1.41. The number of carbonyl (C=O) groups is 1. The first-order chi connectivity index (χ1) is 6.31. The van der Waals surface area contributed by atoms with Crippen LogP contribution >= 0.6 is 11.3 Å². The second-order valence-electron chi connectivity index (χ2n) is 3.07. The SMILES string of the molecule is COc1ccsc1C(=O)NC1CC1. The van der Waals surface area contributed by atoms with Crippen molar-refractivity contribution in [3.63, 3.8) is 0 Å². The smallest absolute Gasteiger partial charge is 0.265 e. The summed E-state index contributed by atoms with van der Waals surface area (Å²) in [5.74, 6) is 0.664. The number of nitrogens with one attached hydrogen (secondary N) is 1. The van der Waals surface area contributed by atoms with Crippen molar-refractivity contribution in [2.24, 2.45) is 0 Å². The Morgan fingerprint density at radius 2 is 2.46 bits per heavy atom. The lowest BCUT2D eigenvalue weighted by atomic mass is 10.4. The van der Waals surface area contributed by atoms with Gasteiger partial charge in [0.2, 0.25) is 0 Å². The summed E-state index contributed by atoms with van der Waals surface area (Å²) in [6, 6.07) is 2.21. The third kappa shape index (κ3) is 1.83. The van der Waals surface area contributed by atoms with Gasteiger partial charge in [-0.2, -0.15) is 0 Å². The van der Waals surface area contributed by atoms with E-state index in [2.05, 4.69) is 5.32 Å². The lowest BCUT2D eigenvalue weighted by Gasteiger charge is -2.02. The van der Waals surface area contributed by atoms with Gasteiger partial charge in [-0.15, -0.1) is 11.3 Å². The van der Waals surface area contributed by atoms with E-state index in [1.807, 2.05) is 11.4 Å². The van der Waals surface area contributed by atoms with E-state index in [9.17, 15) is 4.79 Å². The van der Waals surface area contributed by atoms with E-state index in [-0.39, 0.29) is 5.91 Å². The maximum atomic E-state index is 11.6. The Labute approximate surface area is 80.7 Å². The number of carbonyl (C=O) groups excluding carboxylic acids is 1. The second-order valence-corrected chi connectivity index (χ2v) is 3.98. The number of thiophene rings is 1.